The van der Waals surface area contributed by atoms with Gasteiger partial charge in [-0.15, -0.1) is 0 Å². The van der Waals surface area contributed by atoms with E-state index in [0.29, 0.717) is 44.7 Å². The molecule has 0 radical (unpaired) electrons. The van der Waals surface area contributed by atoms with Crippen LogP contribution in [-0.4, -0.2) is 55.0 Å². The number of anilines is 1. The summed E-state index contributed by atoms with van der Waals surface area (Å²) in [6.45, 7) is 2.54. The van der Waals surface area contributed by atoms with E-state index in [9.17, 15) is 13.9 Å². The normalized spacial score (nSPS) is 26.1. The molecular formula is C17H24F2N2O3. The summed E-state index contributed by atoms with van der Waals surface area (Å²) in [5.41, 5.74) is -0.383. The average Bonchev–Trinajstić information content (AvgIpc) is 3.01. The van der Waals surface area contributed by atoms with Crippen LogP contribution in [0.15, 0.2) is 18.2 Å². The number of ether oxygens (including phenoxy) is 2. The lowest BCUT2D eigenvalue weighted by Crippen LogP contribution is -2.39. The van der Waals surface area contributed by atoms with Crippen LogP contribution in [0.25, 0.3) is 0 Å². The number of piperidine rings is 1. The number of nitrogens with zero attached hydrogens (tertiary/aromatic N) is 2. The van der Waals surface area contributed by atoms with E-state index in [-0.39, 0.29) is 12.7 Å². The molecule has 2 aliphatic heterocycles. The van der Waals surface area contributed by atoms with Gasteiger partial charge in [-0.05, 0) is 25.0 Å². The lowest BCUT2D eigenvalue weighted by Gasteiger charge is -2.33. The van der Waals surface area contributed by atoms with Gasteiger partial charge in [-0.25, -0.2) is 13.8 Å². The van der Waals surface area contributed by atoms with E-state index in [2.05, 4.69) is 9.88 Å². The van der Waals surface area contributed by atoms with Gasteiger partial charge in [0.05, 0.1) is 18.4 Å². The maximum absolute atomic E-state index is 12.9. The summed E-state index contributed by atoms with van der Waals surface area (Å²) in [5.74, 6) is -1.99. The minimum atomic E-state index is -2.79. The zero-order valence-electron chi connectivity index (χ0n) is 13.9. The van der Waals surface area contributed by atoms with E-state index < -0.39 is 18.1 Å². The summed E-state index contributed by atoms with van der Waals surface area (Å²) in [4.78, 5) is 6.70. The van der Waals surface area contributed by atoms with Crippen molar-refractivity contribution in [3.05, 3.63) is 23.9 Å². The highest BCUT2D eigenvalue weighted by molar-refractivity contribution is 5.40. The first-order valence-electron chi connectivity index (χ1n) is 8.38. The van der Waals surface area contributed by atoms with Crippen LogP contribution in [0, 0.1) is 0 Å². The Morgan fingerprint density at radius 3 is 2.79 bits per heavy atom. The Kier molecular flexibility index (Phi) is 5.03. The molecule has 0 spiro atoms. The van der Waals surface area contributed by atoms with Crippen molar-refractivity contribution in [2.24, 2.45) is 0 Å². The topological polar surface area (TPSA) is 54.8 Å². The second-order valence-electron chi connectivity index (χ2n) is 6.78. The van der Waals surface area contributed by atoms with Gasteiger partial charge in [-0.3, -0.25) is 0 Å². The number of rotatable bonds is 5. The maximum atomic E-state index is 12.9. The van der Waals surface area contributed by atoms with Gasteiger partial charge in [0.15, 0.2) is 0 Å². The molecule has 1 atom stereocenters. The SMILES string of the molecule is CC(F)(F)COC1CCN(c2cccc(C3(O)CCOC3)n2)CC1. The van der Waals surface area contributed by atoms with Crippen LogP contribution >= 0.6 is 0 Å². The molecule has 0 aromatic carbocycles. The van der Waals surface area contributed by atoms with E-state index in [1.807, 2.05) is 18.2 Å². The second-order valence-corrected chi connectivity index (χ2v) is 6.78. The molecule has 0 amide bonds. The highest BCUT2D eigenvalue weighted by Gasteiger charge is 2.36. The van der Waals surface area contributed by atoms with Crippen molar-refractivity contribution in [2.45, 2.75) is 43.8 Å². The number of halogens is 2. The third kappa shape index (κ3) is 4.20. The van der Waals surface area contributed by atoms with Gasteiger partial charge in [0.1, 0.15) is 18.0 Å². The number of hydrogen-bond acceptors (Lipinski definition) is 5. The Bertz CT molecular complexity index is 551. The van der Waals surface area contributed by atoms with Gasteiger partial charge in [0.2, 0.25) is 0 Å². The molecule has 1 N–H and O–H groups in total. The molecule has 3 heterocycles. The van der Waals surface area contributed by atoms with Gasteiger partial charge in [-0.2, -0.15) is 0 Å². The second kappa shape index (κ2) is 6.90. The molecule has 0 aliphatic carbocycles. The third-order valence-electron chi connectivity index (χ3n) is 4.55. The monoisotopic (exact) mass is 342 g/mol. The van der Waals surface area contributed by atoms with Gasteiger partial charge >= 0.3 is 0 Å². The van der Waals surface area contributed by atoms with Crippen molar-refractivity contribution in [3.63, 3.8) is 0 Å². The number of aliphatic hydroxyl groups is 1. The zero-order valence-corrected chi connectivity index (χ0v) is 13.9. The van der Waals surface area contributed by atoms with E-state index >= 15 is 0 Å². The Morgan fingerprint density at radius 1 is 1.42 bits per heavy atom. The van der Waals surface area contributed by atoms with E-state index in [1.165, 1.54) is 0 Å². The van der Waals surface area contributed by atoms with Gasteiger partial charge < -0.3 is 19.5 Å². The first kappa shape index (κ1) is 17.5. The highest BCUT2D eigenvalue weighted by Crippen LogP contribution is 2.30. The number of hydrogen-bond donors (Lipinski definition) is 1. The molecule has 0 bridgehead atoms. The zero-order chi connectivity index (χ0) is 17.2. The van der Waals surface area contributed by atoms with Crippen LogP contribution in [-0.2, 0) is 15.1 Å². The van der Waals surface area contributed by atoms with Crippen molar-refractivity contribution in [1.82, 2.24) is 4.98 Å². The first-order valence-corrected chi connectivity index (χ1v) is 8.38. The van der Waals surface area contributed by atoms with E-state index in [0.717, 1.165) is 12.7 Å². The summed E-state index contributed by atoms with van der Waals surface area (Å²) in [6, 6.07) is 5.61. The summed E-state index contributed by atoms with van der Waals surface area (Å²) in [5, 5.41) is 10.6. The molecular weight excluding hydrogens is 318 g/mol. The molecule has 0 saturated carbocycles. The van der Waals surface area contributed by atoms with E-state index in [4.69, 9.17) is 9.47 Å². The molecule has 1 aromatic heterocycles. The van der Waals surface area contributed by atoms with Gasteiger partial charge in [-0.1, -0.05) is 6.07 Å². The molecule has 1 unspecified atom stereocenters. The Balaban J connectivity index is 1.59. The summed E-state index contributed by atoms with van der Waals surface area (Å²) < 4.78 is 36.3. The Labute approximate surface area is 140 Å². The Morgan fingerprint density at radius 2 is 2.17 bits per heavy atom. The molecule has 2 saturated heterocycles. The average molecular weight is 342 g/mol. The molecule has 5 nitrogen and oxygen atoms in total. The van der Waals surface area contributed by atoms with Crippen molar-refractivity contribution in [2.75, 3.05) is 37.8 Å². The number of pyridine rings is 1. The molecule has 2 aliphatic rings. The fourth-order valence-corrected chi connectivity index (χ4v) is 3.13. The number of aromatic nitrogens is 1. The largest absolute Gasteiger partial charge is 0.381 e. The minimum absolute atomic E-state index is 0.136. The minimum Gasteiger partial charge on any atom is -0.381 e. The van der Waals surface area contributed by atoms with Crippen LogP contribution in [0.3, 0.4) is 0 Å². The predicted molar refractivity (Wildman–Crippen MR) is 85.4 cm³/mol. The molecule has 7 heteroatoms. The van der Waals surface area contributed by atoms with Crippen LogP contribution in [0.1, 0.15) is 31.9 Å². The molecule has 1 aromatic rings. The van der Waals surface area contributed by atoms with Crippen molar-refractivity contribution >= 4 is 5.82 Å². The highest BCUT2D eigenvalue weighted by atomic mass is 19.3. The van der Waals surface area contributed by atoms with Crippen LogP contribution in [0.4, 0.5) is 14.6 Å². The molecule has 2 fully saturated rings. The first-order chi connectivity index (χ1) is 11.4. The van der Waals surface area contributed by atoms with Gasteiger partial charge in [0, 0.05) is 33.0 Å². The summed E-state index contributed by atoms with van der Waals surface area (Å²) in [6.07, 6.45) is 1.79. The fraction of sp³-hybridized carbons (Fsp3) is 0.706. The van der Waals surface area contributed by atoms with E-state index in [1.54, 1.807) is 0 Å². The van der Waals surface area contributed by atoms with Crippen molar-refractivity contribution in [1.29, 1.82) is 0 Å². The van der Waals surface area contributed by atoms with Crippen molar-refractivity contribution < 1.29 is 23.4 Å². The lowest BCUT2D eigenvalue weighted by molar-refractivity contribution is -0.0914. The molecule has 24 heavy (non-hydrogen) atoms. The quantitative estimate of drug-likeness (QED) is 0.890. The maximum Gasteiger partial charge on any atom is 0.268 e. The van der Waals surface area contributed by atoms with Crippen molar-refractivity contribution in [3.8, 4) is 0 Å². The van der Waals surface area contributed by atoms with Crippen LogP contribution in [0.2, 0.25) is 0 Å². The smallest absolute Gasteiger partial charge is 0.268 e. The van der Waals surface area contributed by atoms with Crippen LogP contribution in [0.5, 0.6) is 0 Å². The predicted octanol–water partition coefficient (Wildman–Crippen LogP) is 2.33. The standard InChI is InChI=1S/C17H24F2N2O3/c1-16(18,19)11-24-13-5-8-21(9-6-13)15-4-2-3-14(20-15)17(22)7-10-23-12-17/h2-4,13,22H,5-12H2,1H3. The lowest BCUT2D eigenvalue weighted by atomic mass is 9.98. The summed E-state index contributed by atoms with van der Waals surface area (Å²) in [7, 11) is 0. The van der Waals surface area contributed by atoms with Crippen LogP contribution < -0.4 is 4.90 Å². The molecule has 134 valence electrons. The number of alkyl halides is 2. The fourth-order valence-electron chi connectivity index (χ4n) is 3.13. The van der Waals surface area contributed by atoms with Gasteiger partial charge in [0.25, 0.3) is 5.92 Å². The third-order valence-corrected chi connectivity index (χ3v) is 4.55. The molecule has 3 rings (SSSR count). The Hall–Kier alpha value is -1.31. The summed E-state index contributed by atoms with van der Waals surface area (Å²) >= 11 is 0.